The number of likely N-dealkylation sites (tertiary alicyclic amines) is 1. The molecule has 1 amide bonds. The van der Waals surface area contributed by atoms with Crippen molar-refractivity contribution in [1.82, 2.24) is 4.90 Å². The van der Waals surface area contributed by atoms with Crippen molar-refractivity contribution in [3.8, 4) is 0 Å². The highest BCUT2D eigenvalue weighted by molar-refractivity contribution is 5.82. The average molecular weight is 262 g/mol. The first-order valence-electron chi connectivity index (χ1n) is 6.77. The van der Waals surface area contributed by atoms with E-state index in [1.165, 1.54) is 0 Å². The van der Waals surface area contributed by atoms with Crippen LogP contribution in [0.1, 0.15) is 31.4 Å². The molecule has 0 radical (unpaired) electrons. The molecule has 2 N–H and O–H groups in total. The van der Waals surface area contributed by atoms with Crippen molar-refractivity contribution < 1.29 is 9.53 Å². The number of hydrogen-bond donors (Lipinski definition) is 1. The van der Waals surface area contributed by atoms with Crippen molar-refractivity contribution in [3.63, 3.8) is 0 Å². The Bertz CT molecular complexity index is 421. The molecule has 0 saturated carbocycles. The van der Waals surface area contributed by atoms with Gasteiger partial charge in [-0.1, -0.05) is 30.3 Å². The molecule has 2 rings (SSSR count). The average Bonchev–Trinajstić information content (AvgIpc) is 2.40. The van der Waals surface area contributed by atoms with Gasteiger partial charge in [-0.25, -0.2) is 0 Å². The highest BCUT2D eigenvalue weighted by atomic mass is 16.5. The first-order chi connectivity index (χ1) is 9.13. The number of ether oxygens (including phenoxy) is 1. The Kier molecular flexibility index (Phi) is 4.56. The fourth-order valence-corrected chi connectivity index (χ4v) is 2.69. The van der Waals surface area contributed by atoms with Crippen LogP contribution < -0.4 is 5.73 Å². The molecule has 1 heterocycles. The lowest BCUT2D eigenvalue weighted by Crippen LogP contribution is -2.50. The Morgan fingerprint density at radius 3 is 2.68 bits per heavy atom. The third-order valence-electron chi connectivity index (χ3n) is 3.76. The van der Waals surface area contributed by atoms with E-state index >= 15 is 0 Å². The Balaban J connectivity index is 2.13. The van der Waals surface area contributed by atoms with Gasteiger partial charge in [0.05, 0.1) is 0 Å². The van der Waals surface area contributed by atoms with Gasteiger partial charge in [-0.3, -0.25) is 4.79 Å². The maximum Gasteiger partial charge on any atom is 0.256 e. The van der Waals surface area contributed by atoms with E-state index in [0.29, 0.717) is 6.54 Å². The Hall–Kier alpha value is -1.39. The van der Waals surface area contributed by atoms with Crippen LogP contribution in [0.3, 0.4) is 0 Å². The van der Waals surface area contributed by atoms with Gasteiger partial charge < -0.3 is 15.4 Å². The largest absolute Gasteiger partial charge is 0.367 e. The van der Waals surface area contributed by atoms with Crippen molar-refractivity contribution in [2.45, 2.75) is 38.0 Å². The van der Waals surface area contributed by atoms with E-state index in [9.17, 15) is 4.79 Å². The molecule has 1 aliphatic rings. The van der Waals surface area contributed by atoms with Crippen LogP contribution in [0.15, 0.2) is 30.3 Å². The van der Waals surface area contributed by atoms with Crippen LogP contribution in [0.2, 0.25) is 0 Å². The maximum absolute atomic E-state index is 12.6. The zero-order valence-electron chi connectivity index (χ0n) is 11.6. The van der Waals surface area contributed by atoms with Gasteiger partial charge in [-0.15, -0.1) is 0 Å². The minimum Gasteiger partial charge on any atom is -0.367 e. The third kappa shape index (κ3) is 3.14. The molecule has 0 spiro atoms. The summed E-state index contributed by atoms with van der Waals surface area (Å²) in [5, 5.41) is 0. The number of rotatable bonds is 3. The minimum atomic E-state index is -0.516. The number of hydrogen-bond acceptors (Lipinski definition) is 3. The van der Waals surface area contributed by atoms with E-state index in [4.69, 9.17) is 10.5 Å². The van der Waals surface area contributed by atoms with Crippen LogP contribution in [-0.2, 0) is 9.53 Å². The molecular weight excluding hydrogens is 240 g/mol. The molecule has 104 valence electrons. The summed E-state index contributed by atoms with van der Waals surface area (Å²) in [5.74, 6) is 0.0353. The molecule has 0 aliphatic carbocycles. The van der Waals surface area contributed by atoms with E-state index in [1.807, 2.05) is 35.2 Å². The number of methoxy groups -OCH3 is 1. The normalized spacial score (nSPS) is 25.1. The lowest BCUT2D eigenvalue weighted by Gasteiger charge is -2.38. The zero-order valence-corrected chi connectivity index (χ0v) is 11.6. The number of nitrogens with two attached hydrogens (primary N) is 1. The fraction of sp³-hybridized carbons (Fsp3) is 0.533. The van der Waals surface area contributed by atoms with Gasteiger partial charge in [0.1, 0.15) is 0 Å². The molecule has 1 saturated heterocycles. The van der Waals surface area contributed by atoms with Gasteiger partial charge in [0.25, 0.3) is 5.91 Å². The molecule has 3 atom stereocenters. The van der Waals surface area contributed by atoms with Gasteiger partial charge in [-0.2, -0.15) is 0 Å². The Morgan fingerprint density at radius 2 is 2.11 bits per heavy atom. The summed E-state index contributed by atoms with van der Waals surface area (Å²) in [5.41, 5.74) is 6.84. The van der Waals surface area contributed by atoms with E-state index in [-0.39, 0.29) is 18.0 Å². The van der Waals surface area contributed by atoms with Gasteiger partial charge in [0.2, 0.25) is 0 Å². The maximum atomic E-state index is 12.6. The monoisotopic (exact) mass is 262 g/mol. The molecule has 4 heteroatoms. The highest BCUT2D eigenvalue weighted by Gasteiger charge is 2.32. The number of nitrogens with zero attached hydrogens (tertiary/aromatic N) is 1. The predicted octanol–water partition coefficient (Wildman–Crippen LogP) is 1.71. The van der Waals surface area contributed by atoms with Crippen molar-refractivity contribution in [2.24, 2.45) is 5.73 Å². The van der Waals surface area contributed by atoms with E-state index in [1.54, 1.807) is 7.11 Å². The topological polar surface area (TPSA) is 55.6 Å². The second-order valence-electron chi connectivity index (χ2n) is 5.19. The predicted molar refractivity (Wildman–Crippen MR) is 74.6 cm³/mol. The molecule has 1 aliphatic heterocycles. The number of carbonyl (C=O) groups excluding carboxylic acids is 1. The SMILES string of the molecule is COC(C(=O)N1CCC(N)CC1C)c1ccccc1. The molecular formula is C15H22N2O2. The van der Waals surface area contributed by atoms with Crippen LogP contribution in [0, 0.1) is 0 Å². The second kappa shape index (κ2) is 6.17. The molecule has 0 bridgehead atoms. The molecule has 1 aromatic rings. The lowest BCUT2D eigenvalue weighted by molar-refractivity contribution is -0.146. The van der Waals surface area contributed by atoms with Gasteiger partial charge in [0, 0.05) is 25.7 Å². The van der Waals surface area contributed by atoms with Crippen molar-refractivity contribution in [3.05, 3.63) is 35.9 Å². The van der Waals surface area contributed by atoms with Crippen LogP contribution in [-0.4, -0.2) is 36.5 Å². The van der Waals surface area contributed by atoms with Crippen LogP contribution in [0.4, 0.5) is 0 Å². The number of carbonyl (C=O) groups is 1. The van der Waals surface area contributed by atoms with Crippen molar-refractivity contribution in [2.75, 3.05) is 13.7 Å². The zero-order chi connectivity index (χ0) is 13.8. The molecule has 1 aromatic carbocycles. The molecule has 4 nitrogen and oxygen atoms in total. The van der Waals surface area contributed by atoms with Crippen LogP contribution in [0.5, 0.6) is 0 Å². The number of piperidine rings is 1. The first kappa shape index (κ1) is 14.0. The molecule has 3 unspecified atom stereocenters. The highest BCUT2D eigenvalue weighted by Crippen LogP contribution is 2.24. The Morgan fingerprint density at radius 1 is 1.42 bits per heavy atom. The van der Waals surface area contributed by atoms with Gasteiger partial charge >= 0.3 is 0 Å². The van der Waals surface area contributed by atoms with Crippen molar-refractivity contribution in [1.29, 1.82) is 0 Å². The summed E-state index contributed by atoms with van der Waals surface area (Å²) in [7, 11) is 1.58. The minimum absolute atomic E-state index is 0.0353. The fourth-order valence-electron chi connectivity index (χ4n) is 2.69. The summed E-state index contributed by atoms with van der Waals surface area (Å²) in [6.45, 7) is 2.77. The standard InChI is InChI=1S/C15H22N2O2/c1-11-10-13(16)8-9-17(11)15(18)14(19-2)12-6-4-3-5-7-12/h3-7,11,13-14H,8-10,16H2,1-2H3. The second-order valence-corrected chi connectivity index (χ2v) is 5.19. The summed E-state index contributed by atoms with van der Waals surface area (Å²) < 4.78 is 5.40. The van der Waals surface area contributed by atoms with E-state index < -0.39 is 6.10 Å². The van der Waals surface area contributed by atoms with Crippen LogP contribution in [0.25, 0.3) is 0 Å². The smallest absolute Gasteiger partial charge is 0.256 e. The van der Waals surface area contributed by atoms with Gasteiger partial charge in [0.15, 0.2) is 6.10 Å². The van der Waals surface area contributed by atoms with E-state index in [2.05, 4.69) is 6.92 Å². The van der Waals surface area contributed by atoms with E-state index in [0.717, 1.165) is 18.4 Å². The summed E-state index contributed by atoms with van der Waals surface area (Å²) in [6, 6.07) is 10.0. The first-order valence-corrected chi connectivity index (χ1v) is 6.77. The van der Waals surface area contributed by atoms with Gasteiger partial charge in [-0.05, 0) is 25.3 Å². The molecule has 0 aromatic heterocycles. The molecule has 19 heavy (non-hydrogen) atoms. The van der Waals surface area contributed by atoms with Crippen molar-refractivity contribution >= 4 is 5.91 Å². The lowest BCUT2D eigenvalue weighted by atomic mass is 9.97. The third-order valence-corrected chi connectivity index (χ3v) is 3.76. The van der Waals surface area contributed by atoms with Crippen LogP contribution >= 0.6 is 0 Å². The Labute approximate surface area is 114 Å². The summed E-state index contributed by atoms with van der Waals surface area (Å²) in [4.78, 5) is 14.5. The quantitative estimate of drug-likeness (QED) is 0.902. The molecule has 1 fully saturated rings. The number of benzene rings is 1. The summed E-state index contributed by atoms with van der Waals surface area (Å²) in [6.07, 6.45) is 1.20. The summed E-state index contributed by atoms with van der Waals surface area (Å²) >= 11 is 0. The number of amides is 1.